The average Bonchev–Trinajstić information content (AvgIpc) is 3.10. The lowest BCUT2D eigenvalue weighted by Gasteiger charge is -2.24. The summed E-state index contributed by atoms with van der Waals surface area (Å²) in [6.07, 6.45) is -0.0682. The molecule has 0 bridgehead atoms. The number of nitrogens with zero attached hydrogens (tertiary/aromatic N) is 2. The summed E-state index contributed by atoms with van der Waals surface area (Å²) in [5, 5.41) is 10.2. The van der Waals surface area contributed by atoms with E-state index in [1.54, 1.807) is 37.3 Å². The summed E-state index contributed by atoms with van der Waals surface area (Å²) in [5.41, 5.74) is 2.39. The number of fused-ring (bicyclic) bond motifs is 1. The highest BCUT2D eigenvalue weighted by atomic mass is 19.1. The molecule has 0 saturated heterocycles. The molecule has 1 atom stereocenters. The van der Waals surface area contributed by atoms with Gasteiger partial charge >= 0.3 is 0 Å². The van der Waals surface area contributed by atoms with Crippen LogP contribution in [-0.2, 0) is 9.59 Å². The lowest BCUT2D eigenvalue weighted by molar-refractivity contribution is -0.125. The minimum Gasteiger partial charge on any atom is -0.497 e. The first kappa shape index (κ1) is 20.4. The average molecular weight is 424 g/mol. The monoisotopic (exact) mass is 424 g/mol. The van der Waals surface area contributed by atoms with Crippen LogP contribution in [0.4, 0.5) is 15.9 Å². The van der Waals surface area contributed by atoms with E-state index >= 15 is 0 Å². The van der Waals surface area contributed by atoms with Gasteiger partial charge in [-0.1, -0.05) is 0 Å². The first-order valence-electron chi connectivity index (χ1n) is 9.59. The minimum absolute atomic E-state index is 0.0682. The van der Waals surface area contributed by atoms with E-state index in [9.17, 15) is 14.0 Å². The number of methoxy groups -OCH3 is 2. The number of hydrogen-bond acceptors (Lipinski definition) is 5. The number of benzene rings is 2. The second kappa shape index (κ2) is 8.10. The summed E-state index contributed by atoms with van der Waals surface area (Å²) in [6, 6.07) is 10.0. The van der Waals surface area contributed by atoms with Crippen molar-refractivity contribution in [3.8, 4) is 22.8 Å². The molecule has 1 aliphatic rings. The van der Waals surface area contributed by atoms with Gasteiger partial charge in [-0.2, -0.15) is 5.10 Å². The highest BCUT2D eigenvalue weighted by Crippen LogP contribution is 2.35. The molecule has 2 aromatic carbocycles. The number of carbonyl (C=O) groups excluding carboxylic acids is 2. The number of hydrogen-bond donors (Lipinski definition) is 2. The number of rotatable bonds is 5. The molecule has 8 nitrogen and oxygen atoms in total. The molecular weight excluding hydrogens is 403 g/mol. The summed E-state index contributed by atoms with van der Waals surface area (Å²) >= 11 is 0. The molecule has 1 aliphatic heterocycles. The smallest absolute Gasteiger partial charge is 0.249 e. The van der Waals surface area contributed by atoms with Crippen LogP contribution in [0.25, 0.3) is 11.3 Å². The van der Waals surface area contributed by atoms with Crippen LogP contribution < -0.4 is 20.1 Å². The van der Waals surface area contributed by atoms with Crippen LogP contribution in [0.3, 0.4) is 0 Å². The third-order valence-corrected chi connectivity index (χ3v) is 5.17. The fourth-order valence-electron chi connectivity index (χ4n) is 3.54. The van der Waals surface area contributed by atoms with Crippen LogP contribution in [0.1, 0.15) is 18.0 Å². The fourth-order valence-corrected chi connectivity index (χ4v) is 3.54. The zero-order chi connectivity index (χ0) is 22.1. The van der Waals surface area contributed by atoms with E-state index in [0.29, 0.717) is 39.8 Å². The fraction of sp³-hybridized carbons (Fsp3) is 0.227. The van der Waals surface area contributed by atoms with Gasteiger partial charge in [-0.15, -0.1) is 0 Å². The maximum atomic E-state index is 13.3. The molecule has 0 aliphatic carbocycles. The van der Waals surface area contributed by atoms with Crippen LogP contribution in [0.15, 0.2) is 42.5 Å². The van der Waals surface area contributed by atoms with Gasteiger partial charge in [0, 0.05) is 17.2 Å². The van der Waals surface area contributed by atoms with Gasteiger partial charge in [-0.25, -0.2) is 9.07 Å². The molecule has 2 heterocycles. The largest absolute Gasteiger partial charge is 0.497 e. The Hall–Kier alpha value is -3.88. The highest BCUT2D eigenvalue weighted by molar-refractivity contribution is 6.02. The molecule has 4 rings (SSSR count). The zero-order valence-electron chi connectivity index (χ0n) is 17.2. The molecule has 0 radical (unpaired) electrons. The molecule has 31 heavy (non-hydrogen) atoms. The Bertz CT molecular complexity index is 1160. The second-order valence-electron chi connectivity index (χ2n) is 7.10. The van der Waals surface area contributed by atoms with Crippen molar-refractivity contribution in [2.24, 2.45) is 0 Å². The third-order valence-electron chi connectivity index (χ3n) is 5.17. The number of nitrogens with one attached hydrogen (secondary N) is 2. The Morgan fingerprint density at radius 3 is 2.61 bits per heavy atom. The standard InChI is InChI=1S/C22H21FN4O4/c1-12-20(13-4-6-14(23)7-5-13)26-27-17(11-19(28)25-21(12)27)22(29)24-16-9-8-15(30-2)10-18(16)31-3/h4-10,17H,11H2,1-3H3,(H,24,29)(H,25,28). The van der Waals surface area contributed by atoms with Crippen molar-refractivity contribution in [2.45, 2.75) is 19.4 Å². The van der Waals surface area contributed by atoms with Crippen molar-refractivity contribution < 1.29 is 23.5 Å². The van der Waals surface area contributed by atoms with Crippen molar-refractivity contribution in [2.75, 3.05) is 24.9 Å². The molecule has 3 aromatic rings. The summed E-state index contributed by atoms with van der Waals surface area (Å²) < 4.78 is 25.3. The normalized spacial score (nSPS) is 15.1. The second-order valence-corrected chi connectivity index (χ2v) is 7.10. The molecular formula is C22H21FN4O4. The van der Waals surface area contributed by atoms with Crippen molar-refractivity contribution in [1.82, 2.24) is 9.78 Å². The number of anilines is 2. The van der Waals surface area contributed by atoms with Gasteiger partial charge in [0.05, 0.1) is 32.0 Å². The van der Waals surface area contributed by atoms with Gasteiger partial charge in [0.2, 0.25) is 11.8 Å². The third kappa shape index (κ3) is 3.81. The van der Waals surface area contributed by atoms with Crippen molar-refractivity contribution in [3.63, 3.8) is 0 Å². The summed E-state index contributed by atoms with van der Waals surface area (Å²) in [4.78, 5) is 25.4. The van der Waals surface area contributed by atoms with Gasteiger partial charge in [0.25, 0.3) is 0 Å². The Balaban J connectivity index is 1.68. The maximum absolute atomic E-state index is 13.3. The van der Waals surface area contributed by atoms with Crippen LogP contribution in [0.2, 0.25) is 0 Å². The van der Waals surface area contributed by atoms with Gasteiger partial charge in [0.15, 0.2) is 0 Å². The number of aromatic nitrogens is 2. The quantitative estimate of drug-likeness (QED) is 0.653. The lowest BCUT2D eigenvalue weighted by atomic mass is 10.1. The van der Waals surface area contributed by atoms with Crippen LogP contribution in [0.5, 0.6) is 11.5 Å². The number of ether oxygens (including phenoxy) is 2. The maximum Gasteiger partial charge on any atom is 0.249 e. The van der Waals surface area contributed by atoms with Crippen molar-refractivity contribution >= 4 is 23.3 Å². The van der Waals surface area contributed by atoms with E-state index in [1.165, 1.54) is 31.0 Å². The Labute approximate surface area is 178 Å². The van der Waals surface area contributed by atoms with E-state index < -0.39 is 11.9 Å². The van der Waals surface area contributed by atoms with E-state index in [0.717, 1.165) is 0 Å². The van der Waals surface area contributed by atoms with Crippen LogP contribution in [-0.4, -0.2) is 35.8 Å². The predicted octanol–water partition coefficient (Wildman–Crippen LogP) is 3.54. The first-order valence-corrected chi connectivity index (χ1v) is 9.59. The molecule has 1 unspecified atom stereocenters. The zero-order valence-corrected chi connectivity index (χ0v) is 17.2. The van der Waals surface area contributed by atoms with Gasteiger partial charge in [-0.05, 0) is 43.3 Å². The first-order chi connectivity index (χ1) is 14.9. The Morgan fingerprint density at radius 2 is 1.94 bits per heavy atom. The SMILES string of the molecule is COc1ccc(NC(=O)C2CC(=O)Nc3c(C)c(-c4ccc(F)cc4)nn32)c(OC)c1. The van der Waals surface area contributed by atoms with Crippen molar-refractivity contribution in [1.29, 1.82) is 0 Å². The topological polar surface area (TPSA) is 94.5 Å². The predicted molar refractivity (Wildman–Crippen MR) is 113 cm³/mol. The highest BCUT2D eigenvalue weighted by Gasteiger charge is 2.34. The van der Waals surface area contributed by atoms with E-state index in [4.69, 9.17) is 9.47 Å². The van der Waals surface area contributed by atoms with Crippen molar-refractivity contribution in [3.05, 3.63) is 53.8 Å². The van der Waals surface area contributed by atoms with Gasteiger partial charge in [0.1, 0.15) is 29.2 Å². The number of carbonyl (C=O) groups is 2. The lowest BCUT2D eigenvalue weighted by Crippen LogP contribution is -2.36. The molecule has 160 valence electrons. The summed E-state index contributed by atoms with van der Waals surface area (Å²) in [7, 11) is 3.02. The van der Waals surface area contributed by atoms with Gasteiger partial charge in [-0.3, -0.25) is 9.59 Å². The Kier molecular flexibility index (Phi) is 5.33. The number of halogens is 1. The Morgan fingerprint density at radius 1 is 1.19 bits per heavy atom. The minimum atomic E-state index is -0.858. The van der Waals surface area contributed by atoms with E-state index in [1.807, 2.05) is 0 Å². The molecule has 1 aromatic heterocycles. The molecule has 0 spiro atoms. The molecule has 2 N–H and O–H groups in total. The molecule has 0 fully saturated rings. The number of amides is 2. The van der Waals surface area contributed by atoms with Crippen LogP contribution >= 0.6 is 0 Å². The molecule has 0 saturated carbocycles. The van der Waals surface area contributed by atoms with E-state index in [-0.39, 0.29) is 18.1 Å². The molecule has 9 heteroatoms. The van der Waals surface area contributed by atoms with Crippen LogP contribution in [0, 0.1) is 12.7 Å². The summed E-state index contributed by atoms with van der Waals surface area (Å²) in [5.74, 6) is 0.398. The van der Waals surface area contributed by atoms with Gasteiger partial charge < -0.3 is 20.1 Å². The summed E-state index contributed by atoms with van der Waals surface area (Å²) in [6.45, 7) is 1.80. The van der Waals surface area contributed by atoms with E-state index in [2.05, 4.69) is 15.7 Å². The molecule has 2 amide bonds.